The molecule has 0 atom stereocenters. The third-order valence-electron chi connectivity index (χ3n) is 4.54. The number of hydrogen-bond donors (Lipinski definition) is 0. The average molecular weight is 361 g/mol. The maximum absolute atomic E-state index is 12.6. The molecule has 1 saturated heterocycles. The highest BCUT2D eigenvalue weighted by Gasteiger charge is 2.33. The van der Waals surface area contributed by atoms with Crippen molar-refractivity contribution >= 4 is 5.91 Å². The Morgan fingerprint density at radius 2 is 1.67 bits per heavy atom. The summed E-state index contributed by atoms with van der Waals surface area (Å²) in [5, 5.41) is 0. The number of carbonyl (C=O) groups excluding carboxylic acids is 1. The SMILES string of the molecule is Cc1cc(OC2CN(C(=O)c3ccc(-c4ccccc4)cc3)C2)cc(=O)o1. The number of amides is 1. The third kappa shape index (κ3) is 3.77. The lowest BCUT2D eigenvalue weighted by atomic mass is 10.0. The molecule has 0 radical (unpaired) electrons. The number of likely N-dealkylation sites (tertiary alicyclic amines) is 1. The predicted octanol–water partition coefficient (Wildman–Crippen LogP) is 3.52. The molecule has 4 rings (SSSR count). The molecular formula is C22H19NO4. The lowest BCUT2D eigenvalue weighted by Gasteiger charge is -2.39. The second kappa shape index (κ2) is 7.11. The second-order valence-electron chi connectivity index (χ2n) is 6.62. The Labute approximate surface area is 156 Å². The monoisotopic (exact) mass is 361 g/mol. The quantitative estimate of drug-likeness (QED) is 0.713. The van der Waals surface area contributed by atoms with Crippen LogP contribution in [0.1, 0.15) is 16.1 Å². The highest BCUT2D eigenvalue weighted by atomic mass is 16.5. The normalized spacial score (nSPS) is 13.9. The molecule has 0 unspecified atom stereocenters. The molecule has 2 aromatic carbocycles. The molecule has 0 spiro atoms. The molecule has 1 amide bonds. The smallest absolute Gasteiger partial charge is 0.339 e. The van der Waals surface area contributed by atoms with Gasteiger partial charge in [-0.05, 0) is 30.2 Å². The van der Waals surface area contributed by atoms with E-state index in [9.17, 15) is 9.59 Å². The van der Waals surface area contributed by atoms with Gasteiger partial charge in [0, 0.05) is 11.6 Å². The van der Waals surface area contributed by atoms with Crippen LogP contribution in [0, 0.1) is 6.92 Å². The van der Waals surface area contributed by atoms with Crippen molar-refractivity contribution in [3.8, 4) is 16.9 Å². The van der Waals surface area contributed by atoms with Crippen LogP contribution in [-0.2, 0) is 0 Å². The first-order valence-electron chi connectivity index (χ1n) is 8.82. The lowest BCUT2D eigenvalue weighted by Crippen LogP contribution is -2.56. The second-order valence-corrected chi connectivity index (χ2v) is 6.62. The van der Waals surface area contributed by atoms with Crippen molar-refractivity contribution < 1.29 is 13.9 Å². The molecule has 5 heteroatoms. The van der Waals surface area contributed by atoms with Crippen molar-refractivity contribution in [2.45, 2.75) is 13.0 Å². The van der Waals surface area contributed by atoms with Crippen LogP contribution in [-0.4, -0.2) is 30.0 Å². The lowest BCUT2D eigenvalue weighted by molar-refractivity contribution is 0.0175. The number of carbonyl (C=O) groups is 1. The van der Waals surface area contributed by atoms with Gasteiger partial charge in [-0.3, -0.25) is 4.79 Å². The Morgan fingerprint density at radius 1 is 1.00 bits per heavy atom. The van der Waals surface area contributed by atoms with Crippen LogP contribution in [0.5, 0.6) is 5.75 Å². The summed E-state index contributed by atoms with van der Waals surface area (Å²) in [4.78, 5) is 25.7. The van der Waals surface area contributed by atoms with Crippen molar-refractivity contribution in [2.75, 3.05) is 13.1 Å². The summed E-state index contributed by atoms with van der Waals surface area (Å²) < 4.78 is 10.7. The fourth-order valence-electron chi connectivity index (χ4n) is 3.13. The predicted molar refractivity (Wildman–Crippen MR) is 102 cm³/mol. The van der Waals surface area contributed by atoms with Crippen LogP contribution in [0.25, 0.3) is 11.1 Å². The largest absolute Gasteiger partial charge is 0.486 e. The molecular weight excluding hydrogens is 342 g/mol. The molecule has 27 heavy (non-hydrogen) atoms. The molecule has 1 aliphatic rings. The molecule has 2 heterocycles. The van der Waals surface area contributed by atoms with Crippen molar-refractivity contribution in [1.82, 2.24) is 4.90 Å². The van der Waals surface area contributed by atoms with E-state index in [4.69, 9.17) is 9.15 Å². The molecule has 1 fully saturated rings. The molecule has 0 N–H and O–H groups in total. The summed E-state index contributed by atoms with van der Waals surface area (Å²) in [5.74, 6) is 0.967. The number of aryl methyl sites for hydroxylation is 1. The minimum absolute atomic E-state index is 0.0155. The Hall–Kier alpha value is -3.34. The van der Waals surface area contributed by atoms with Gasteiger partial charge in [-0.15, -0.1) is 0 Å². The van der Waals surface area contributed by atoms with Crippen molar-refractivity contribution in [3.05, 3.63) is 88.5 Å². The summed E-state index contributed by atoms with van der Waals surface area (Å²) in [5.41, 5.74) is 2.42. The maximum Gasteiger partial charge on any atom is 0.339 e. The first-order valence-corrected chi connectivity index (χ1v) is 8.82. The first kappa shape index (κ1) is 17.1. The maximum atomic E-state index is 12.6. The van der Waals surface area contributed by atoms with Crippen LogP contribution in [0.4, 0.5) is 0 Å². The Morgan fingerprint density at radius 3 is 2.33 bits per heavy atom. The van der Waals surface area contributed by atoms with E-state index < -0.39 is 5.63 Å². The van der Waals surface area contributed by atoms with Crippen molar-refractivity contribution in [2.24, 2.45) is 0 Å². The Bertz CT molecular complexity index is 1000. The van der Waals surface area contributed by atoms with Crippen LogP contribution >= 0.6 is 0 Å². The minimum atomic E-state index is -0.434. The Kier molecular flexibility index (Phi) is 4.50. The standard InChI is InChI=1S/C22H19NO4/c1-15-11-19(12-21(24)26-15)27-20-13-23(14-20)22(25)18-9-7-17(8-10-18)16-5-3-2-4-6-16/h2-12,20H,13-14H2,1H3. The number of ether oxygens (including phenoxy) is 1. The van der Waals surface area contributed by atoms with Gasteiger partial charge in [-0.1, -0.05) is 42.5 Å². The summed E-state index contributed by atoms with van der Waals surface area (Å²) in [6.45, 7) is 2.70. The van der Waals surface area contributed by atoms with Gasteiger partial charge in [0.2, 0.25) is 0 Å². The van der Waals surface area contributed by atoms with Gasteiger partial charge in [0.1, 0.15) is 17.6 Å². The van der Waals surface area contributed by atoms with Gasteiger partial charge in [0.25, 0.3) is 5.91 Å². The van der Waals surface area contributed by atoms with E-state index in [0.717, 1.165) is 11.1 Å². The van der Waals surface area contributed by atoms with E-state index in [-0.39, 0.29) is 12.0 Å². The number of hydrogen-bond acceptors (Lipinski definition) is 4. The zero-order valence-corrected chi connectivity index (χ0v) is 14.9. The first-order chi connectivity index (χ1) is 13.1. The summed E-state index contributed by atoms with van der Waals surface area (Å²) in [6, 6.07) is 20.7. The topological polar surface area (TPSA) is 59.8 Å². The number of nitrogens with zero attached hydrogens (tertiary/aromatic N) is 1. The molecule has 1 aliphatic heterocycles. The fourth-order valence-corrected chi connectivity index (χ4v) is 3.13. The van der Waals surface area contributed by atoms with Crippen molar-refractivity contribution in [1.29, 1.82) is 0 Å². The Balaban J connectivity index is 1.37. The van der Waals surface area contributed by atoms with Crippen LogP contribution in [0.15, 0.2) is 75.9 Å². The van der Waals surface area contributed by atoms with E-state index in [1.54, 1.807) is 17.9 Å². The van der Waals surface area contributed by atoms with Gasteiger partial charge >= 0.3 is 5.63 Å². The molecule has 136 valence electrons. The van der Waals surface area contributed by atoms with Gasteiger partial charge < -0.3 is 14.1 Å². The number of benzene rings is 2. The fraction of sp³-hybridized carbons (Fsp3) is 0.182. The zero-order chi connectivity index (χ0) is 18.8. The zero-order valence-electron chi connectivity index (χ0n) is 14.9. The van der Waals surface area contributed by atoms with Gasteiger partial charge in [0.05, 0.1) is 19.2 Å². The average Bonchev–Trinajstić information content (AvgIpc) is 2.64. The third-order valence-corrected chi connectivity index (χ3v) is 4.54. The van der Waals surface area contributed by atoms with Crippen molar-refractivity contribution in [3.63, 3.8) is 0 Å². The number of rotatable bonds is 4. The van der Waals surface area contributed by atoms with E-state index >= 15 is 0 Å². The summed E-state index contributed by atoms with van der Waals surface area (Å²) >= 11 is 0. The highest BCUT2D eigenvalue weighted by Crippen LogP contribution is 2.22. The van der Waals surface area contributed by atoms with E-state index in [1.807, 2.05) is 54.6 Å². The van der Waals surface area contributed by atoms with Gasteiger partial charge in [-0.2, -0.15) is 0 Å². The van der Waals surface area contributed by atoms with Crippen LogP contribution in [0.2, 0.25) is 0 Å². The van der Waals surface area contributed by atoms with E-state index in [2.05, 4.69) is 0 Å². The van der Waals surface area contributed by atoms with Crippen LogP contribution < -0.4 is 10.4 Å². The van der Waals surface area contributed by atoms with Crippen LogP contribution in [0.3, 0.4) is 0 Å². The van der Waals surface area contributed by atoms with E-state index in [0.29, 0.717) is 30.2 Å². The van der Waals surface area contributed by atoms with Gasteiger partial charge in [-0.25, -0.2) is 4.79 Å². The molecule has 5 nitrogen and oxygen atoms in total. The van der Waals surface area contributed by atoms with Gasteiger partial charge in [0.15, 0.2) is 0 Å². The minimum Gasteiger partial charge on any atom is -0.486 e. The highest BCUT2D eigenvalue weighted by molar-refractivity contribution is 5.95. The summed E-state index contributed by atoms with van der Waals surface area (Å²) in [6.07, 6.45) is -0.112. The molecule has 0 aliphatic carbocycles. The van der Waals surface area contributed by atoms with E-state index in [1.165, 1.54) is 6.07 Å². The molecule has 1 aromatic heterocycles. The molecule has 3 aromatic rings. The molecule has 0 saturated carbocycles. The summed E-state index contributed by atoms with van der Waals surface area (Å²) in [7, 11) is 0. The molecule has 0 bridgehead atoms.